The van der Waals surface area contributed by atoms with Crippen molar-refractivity contribution in [3.63, 3.8) is 0 Å². The van der Waals surface area contributed by atoms with Crippen LogP contribution in [-0.2, 0) is 11.3 Å². The molecule has 7 heteroatoms. The van der Waals surface area contributed by atoms with E-state index in [0.29, 0.717) is 30.6 Å². The van der Waals surface area contributed by atoms with Crippen LogP contribution >= 0.6 is 0 Å². The van der Waals surface area contributed by atoms with Crippen molar-refractivity contribution in [2.75, 3.05) is 13.1 Å². The second-order valence-corrected chi connectivity index (χ2v) is 4.91. The zero-order valence-electron chi connectivity index (χ0n) is 10.9. The predicted molar refractivity (Wildman–Crippen MR) is 67.6 cm³/mol. The Morgan fingerprint density at radius 2 is 2.45 bits per heavy atom. The second kappa shape index (κ2) is 5.46. The van der Waals surface area contributed by atoms with Crippen molar-refractivity contribution in [1.82, 2.24) is 15.0 Å². The van der Waals surface area contributed by atoms with Gasteiger partial charge in [-0.25, -0.2) is 0 Å². The number of aliphatic carboxylic acids is 1. The number of carboxylic acids is 1. The summed E-state index contributed by atoms with van der Waals surface area (Å²) < 4.78 is 10.3. The molecule has 3 heterocycles. The quantitative estimate of drug-likeness (QED) is 0.907. The van der Waals surface area contributed by atoms with E-state index in [9.17, 15) is 4.79 Å². The van der Waals surface area contributed by atoms with Crippen LogP contribution in [0.2, 0.25) is 0 Å². The lowest BCUT2D eigenvalue weighted by atomic mass is 9.98. The number of hydrogen-bond acceptors (Lipinski definition) is 6. The average molecular weight is 277 g/mol. The monoisotopic (exact) mass is 277 g/mol. The van der Waals surface area contributed by atoms with E-state index in [-0.39, 0.29) is 5.92 Å². The molecule has 1 unspecified atom stereocenters. The Kier molecular flexibility index (Phi) is 3.51. The van der Waals surface area contributed by atoms with Crippen LogP contribution in [0.5, 0.6) is 0 Å². The van der Waals surface area contributed by atoms with Crippen LogP contribution in [0.3, 0.4) is 0 Å². The Labute approximate surface area is 115 Å². The van der Waals surface area contributed by atoms with Gasteiger partial charge in [-0.2, -0.15) is 4.98 Å². The molecule has 1 fully saturated rings. The summed E-state index contributed by atoms with van der Waals surface area (Å²) in [7, 11) is 0. The summed E-state index contributed by atoms with van der Waals surface area (Å²) in [4.78, 5) is 17.3. The summed E-state index contributed by atoms with van der Waals surface area (Å²) in [6.45, 7) is 1.88. The van der Waals surface area contributed by atoms with Crippen molar-refractivity contribution in [3.8, 4) is 11.7 Å². The zero-order valence-corrected chi connectivity index (χ0v) is 10.9. The van der Waals surface area contributed by atoms with E-state index < -0.39 is 5.97 Å². The van der Waals surface area contributed by atoms with Crippen molar-refractivity contribution in [2.24, 2.45) is 5.92 Å². The van der Waals surface area contributed by atoms with Gasteiger partial charge in [-0.3, -0.25) is 9.69 Å². The summed E-state index contributed by atoms with van der Waals surface area (Å²) >= 11 is 0. The highest BCUT2D eigenvalue weighted by Crippen LogP contribution is 2.20. The lowest BCUT2D eigenvalue weighted by Crippen LogP contribution is -2.38. The van der Waals surface area contributed by atoms with E-state index in [0.717, 1.165) is 19.4 Å². The summed E-state index contributed by atoms with van der Waals surface area (Å²) in [6.07, 6.45) is 3.15. The molecule has 20 heavy (non-hydrogen) atoms. The Balaban J connectivity index is 1.64. The number of rotatable bonds is 4. The first-order chi connectivity index (χ1) is 9.72. The molecular weight excluding hydrogens is 262 g/mol. The number of aromatic nitrogens is 2. The molecule has 0 spiro atoms. The van der Waals surface area contributed by atoms with Gasteiger partial charge in [0.15, 0.2) is 11.6 Å². The van der Waals surface area contributed by atoms with E-state index >= 15 is 0 Å². The smallest absolute Gasteiger partial charge is 0.307 e. The highest BCUT2D eigenvalue weighted by molar-refractivity contribution is 5.70. The molecule has 0 aliphatic carbocycles. The maximum Gasteiger partial charge on any atom is 0.307 e. The first-order valence-electron chi connectivity index (χ1n) is 6.54. The Bertz CT molecular complexity index is 578. The van der Waals surface area contributed by atoms with E-state index in [2.05, 4.69) is 10.1 Å². The molecule has 0 amide bonds. The summed E-state index contributed by atoms with van der Waals surface area (Å²) in [6, 6.07) is 3.50. The molecule has 1 atom stereocenters. The number of furan rings is 1. The molecule has 1 saturated heterocycles. The number of hydrogen-bond donors (Lipinski definition) is 1. The van der Waals surface area contributed by atoms with E-state index in [1.165, 1.54) is 0 Å². The molecule has 0 radical (unpaired) electrons. The van der Waals surface area contributed by atoms with Crippen molar-refractivity contribution in [1.29, 1.82) is 0 Å². The lowest BCUT2D eigenvalue weighted by molar-refractivity contribution is -0.143. The zero-order chi connectivity index (χ0) is 13.9. The molecule has 1 aliphatic rings. The maximum atomic E-state index is 11.0. The second-order valence-electron chi connectivity index (χ2n) is 4.91. The Morgan fingerprint density at radius 3 is 3.20 bits per heavy atom. The molecular formula is C13H15N3O4. The maximum absolute atomic E-state index is 11.0. The third-order valence-corrected chi connectivity index (χ3v) is 3.42. The molecule has 0 aromatic carbocycles. The number of piperidine rings is 1. The SMILES string of the molecule is O=C(O)C1CCCN(Cc2noc(-c3ccco3)n2)C1. The van der Waals surface area contributed by atoms with Crippen LogP contribution in [-0.4, -0.2) is 39.2 Å². The largest absolute Gasteiger partial charge is 0.481 e. The average Bonchev–Trinajstić information content (AvgIpc) is 3.09. The summed E-state index contributed by atoms with van der Waals surface area (Å²) in [5.41, 5.74) is 0. The fourth-order valence-corrected chi connectivity index (χ4v) is 2.42. The number of carbonyl (C=O) groups is 1. The molecule has 2 aromatic heterocycles. The van der Waals surface area contributed by atoms with Gasteiger partial charge < -0.3 is 14.0 Å². The number of nitrogens with zero attached hydrogens (tertiary/aromatic N) is 3. The van der Waals surface area contributed by atoms with Gasteiger partial charge in [0.2, 0.25) is 0 Å². The number of likely N-dealkylation sites (tertiary alicyclic amines) is 1. The van der Waals surface area contributed by atoms with Gasteiger partial charge in [0.1, 0.15) is 0 Å². The highest BCUT2D eigenvalue weighted by atomic mass is 16.5. The van der Waals surface area contributed by atoms with Crippen LogP contribution in [0.15, 0.2) is 27.3 Å². The third-order valence-electron chi connectivity index (χ3n) is 3.42. The van der Waals surface area contributed by atoms with Crippen molar-refractivity contribution >= 4 is 5.97 Å². The van der Waals surface area contributed by atoms with Gasteiger partial charge in [-0.15, -0.1) is 0 Å². The van der Waals surface area contributed by atoms with Gasteiger partial charge in [0.25, 0.3) is 5.89 Å². The molecule has 0 saturated carbocycles. The summed E-state index contributed by atoms with van der Waals surface area (Å²) in [5.74, 6) is 0.379. The normalized spacial score (nSPS) is 20.1. The first kappa shape index (κ1) is 12.9. The Morgan fingerprint density at radius 1 is 1.55 bits per heavy atom. The molecule has 1 N–H and O–H groups in total. The van der Waals surface area contributed by atoms with Gasteiger partial charge in [0, 0.05) is 6.54 Å². The molecule has 1 aliphatic heterocycles. The van der Waals surface area contributed by atoms with Crippen LogP contribution in [0.1, 0.15) is 18.7 Å². The fourth-order valence-electron chi connectivity index (χ4n) is 2.42. The Hall–Kier alpha value is -2.15. The van der Waals surface area contributed by atoms with Crippen LogP contribution in [0.4, 0.5) is 0 Å². The van der Waals surface area contributed by atoms with Crippen molar-refractivity contribution < 1.29 is 18.8 Å². The van der Waals surface area contributed by atoms with Crippen LogP contribution in [0, 0.1) is 5.92 Å². The minimum absolute atomic E-state index is 0.305. The van der Waals surface area contributed by atoms with Crippen molar-refractivity contribution in [2.45, 2.75) is 19.4 Å². The predicted octanol–water partition coefficient (Wildman–Crippen LogP) is 1.63. The number of carboxylic acid groups (broad SMARTS) is 1. The first-order valence-corrected chi connectivity index (χ1v) is 6.54. The van der Waals surface area contributed by atoms with E-state index in [1.807, 2.05) is 4.90 Å². The minimum Gasteiger partial charge on any atom is -0.481 e. The van der Waals surface area contributed by atoms with E-state index in [1.54, 1.807) is 18.4 Å². The molecule has 2 aromatic rings. The molecule has 0 bridgehead atoms. The standard InChI is InChI=1S/C13H15N3O4/c17-13(18)9-3-1-5-16(7-9)8-11-14-12(20-15-11)10-4-2-6-19-10/h2,4,6,9H,1,3,5,7-8H2,(H,17,18). The van der Waals surface area contributed by atoms with Crippen molar-refractivity contribution in [3.05, 3.63) is 24.2 Å². The summed E-state index contributed by atoms with van der Waals surface area (Å²) in [5, 5.41) is 13.0. The van der Waals surface area contributed by atoms with E-state index in [4.69, 9.17) is 14.0 Å². The van der Waals surface area contributed by atoms with Gasteiger partial charge in [0.05, 0.1) is 18.7 Å². The van der Waals surface area contributed by atoms with Gasteiger partial charge in [-0.05, 0) is 31.5 Å². The highest BCUT2D eigenvalue weighted by Gasteiger charge is 2.26. The minimum atomic E-state index is -0.737. The molecule has 3 rings (SSSR count). The third kappa shape index (κ3) is 2.72. The van der Waals surface area contributed by atoms with Crippen LogP contribution in [0.25, 0.3) is 11.7 Å². The molecule has 106 valence electrons. The van der Waals surface area contributed by atoms with Gasteiger partial charge >= 0.3 is 5.97 Å². The fraction of sp³-hybridized carbons (Fsp3) is 0.462. The lowest BCUT2D eigenvalue weighted by Gasteiger charge is -2.29. The topological polar surface area (TPSA) is 92.6 Å². The van der Waals surface area contributed by atoms with Crippen LogP contribution < -0.4 is 0 Å². The van der Waals surface area contributed by atoms with Gasteiger partial charge in [-0.1, -0.05) is 5.16 Å². The molecule has 7 nitrogen and oxygen atoms in total.